The van der Waals surface area contributed by atoms with Gasteiger partial charge in [0.25, 0.3) is 0 Å². The van der Waals surface area contributed by atoms with Gasteiger partial charge in [-0.15, -0.1) is 0 Å². The first-order valence-electron chi connectivity index (χ1n) is 6.25. The predicted molar refractivity (Wildman–Crippen MR) is 76.8 cm³/mol. The van der Waals surface area contributed by atoms with Gasteiger partial charge in [0.15, 0.2) is 0 Å². The summed E-state index contributed by atoms with van der Waals surface area (Å²) in [4.78, 5) is 18.5. The Hall–Kier alpha value is -1.57. The molecule has 7 nitrogen and oxygen atoms in total. The number of nitrogens with one attached hydrogen (secondary N) is 2. The number of thioether (sulfide) groups is 1. The van der Waals surface area contributed by atoms with Crippen LogP contribution in [0.3, 0.4) is 0 Å². The maximum absolute atomic E-state index is 11.1. The molecule has 0 aromatic carbocycles. The zero-order chi connectivity index (χ0) is 13.7. The summed E-state index contributed by atoms with van der Waals surface area (Å²) >= 11 is 1.92. The lowest BCUT2D eigenvalue weighted by Gasteiger charge is -2.21. The monoisotopic (exact) mass is 283 g/mol. The van der Waals surface area contributed by atoms with E-state index in [-0.39, 0.29) is 17.3 Å². The molecule has 0 bridgehead atoms. The van der Waals surface area contributed by atoms with Crippen molar-refractivity contribution < 1.29 is 4.92 Å². The van der Waals surface area contributed by atoms with E-state index < -0.39 is 4.92 Å². The Kier molecular flexibility index (Phi) is 4.78. The van der Waals surface area contributed by atoms with Crippen LogP contribution in [0.25, 0.3) is 0 Å². The smallest absolute Gasteiger partial charge is 0.353 e. The molecule has 1 aromatic rings. The fraction of sp³-hybridized carbons (Fsp3) is 0.636. The van der Waals surface area contributed by atoms with Crippen molar-refractivity contribution >= 4 is 29.1 Å². The Labute approximate surface area is 115 Å². The highest BCUT2D eigenvalue weighted by Gasteiger charge is 2.23. The lowest BCUT2D eigenvalue weighted by atomic mass is 10.2. The molecule has 0 radical (unpaired) electrons. The summed E-state index contributed by atoms with van der Waals surface area (Å²) in [6.07, 6.45) is 4.97. The van der Waals surface area contributed by atoms with Gasteiger partial charge in [0.05, 0.1) is 4.92 Å². The molecule has 104 valence electrons. The van der Waals surface area contributed by atoms with E-state index in [1.54, 1.807) is 7.05 Å². The quantitative estimate of drug-likeness (QED) is 0.631. The summed E-state index contributed by atoms with van der Waals surface area (Å²) < 4.78 is 0. The van der Waals surface area contributed by atoms with Gasteiger partial charge in [-0.1, -0.05) is 6.42 Å². The number of hydrogen-bond acceptors (Lipinski definition) is 7. The number of nitro groups is 1. The third-order valence-corrected chi connectivity index (χ3v) is 4.41. The van der Waals surface area contributed by atoms with Gasteiger partial charge in [-0.3, -0.25) is 10.1 Å². The van der Waals surface area contributed by atoms with Gasteiger partial charge in [0.1, 0.15) is 6.33 Å². The highest BCUT2D eigenvalue weighted by Crippen LogP contribution is 2.30. The Morgan fingerprint density at radius 1 is 1.47 bits per heavy atom. The molecule has 0 saturated carbocycles. The molecule has 0 spiro atoms. The second-order valence-corrected chi connectivity index (χ2v) is 5.70. The average Bonchev–Trinajstić information content (AvgIpc) is 2.45. The molecular formula is C11H17N5O2S. The number of hydrogen-bond donors (Lipinski definition) is 2. The van der Waals surface area contributed by atoms with E-state index >= 15 is 0 Å². The molecule has 2 rings (SSSR count). The maximum Gasteiger partial charge on any atom is 0.353 e. The van der Waals surface area contributed by atoms with Crippen molar-refractivity contribution in [3.63, 3.8) is 0 Å². The van der Waals surface area contributed by atoms with Crippen molar-refractivity contribution in [2.45, 2.75) is 24.5 Å². The maximum atomic E-state index is 11.1. The van der Waals surface area contributed by atoms with Crippen LogP contribution in [-0.2, 0) is 0 Å². The number of aromatic nitrogens is 2. The van der Waals surface area contributed by atoms with Gasteiger partial charge in [0, 0.05) is 18.8 Å². The van der Waals surface area contributed by atoms with Gasteiger partial charge in [0.2, 0.25) is 11.6 Å². The second kappa shape index (κ2) is 6.55. The van der Waals surface area contributed by atoms with Gasteiger partial charge < -0.3 is 10.6 Å². The van der Waals surface area contributed by atoms with Crippen molar-refractivity contribution in [2.24, 2.45) is 0 Å². The fourth-order valence-corrected chi connectivity index (χ4v) is 3.28. The van der Waals surface area contributed by atoms with E-state index in [9.17, 15) is 10.1 Å². The Bertz CT molecular complexity index is 451. The average molecular weight is 283 g/mol. The SMILES string of the molecule is CNc1ncnc(NCC2CCCCS2)c1[N+](=O)[O-]. The largest absolute Gasteiger partial charge is 0.367 e. The number of anilines is 2. The summed E-state index contributed by atoms with van der Waals surface area (Å²) in [7, 11) is 1.61. The van der Waals surface area contributed by atoms with Crippen LogP contribution in [0, 0.1) is 10.1 Å². The molecule has 1 aliphatic heterocycles. The molecule has 2 heterocycles. The highest BCUT2D eigenvalue weighted by atomic mass is 32.2. The first-order valence-corrected chi connectivity index (χ1v) is 7.30. The molecular weight excluding hydrogens is 266 g/mol. The second-order valence-electron chi connectivity index (χ2n) is 4.30. The van der Waals surface area contributed by atoms with Crippen LogP contribution in [0.5, 0.6) is 0 Å². The predicted octanol–water partition coefficient (Wildman–Crippen LogP) is 2.12. The molecule has 2 N–H and O–H groups in total. The lowest BCUT2D eigenvalue weighted by Crippen LogP contribution is -2.21. The van der Waals surface area contributed by atoms with E-state index in [4.69, 9.17) is 0 Å². The summed E-state index contributed by atoms with van der Waals surface area (Å²) in [5, 5.41) is 17.4. The minimum Gasteiger partial charge on any atom is -0.367 e. The van der Waals surface area contributed by atoms with Crippen molar-refractivity contribution in [1.82, 2.24) is 9.97 Å². The molecule has 1 aliphatic rings. The van der Waals surface area contributed by atoms with Crippen LogP contribution in [0.1, 0.15) is 19.3 Å². The van der Waals surface area contributed by atoms with E-state index in [2.05, 4.69) is 20.6 Å². The highest BCUT2D eigenvalue weighted by molar-refractivity contribution is 7.99. The molecule has 0 amide bonds. The van der Waals surface area contributed by atoms with Crippen molar-refractivity contribution in [3.8, 4) is 0 Å². The summed E-state index contributed by atoms with van der Waals surface area (Å²) in [5.41, 5.74) is -0.0918. The zero-order valence-corrected chi connectivity index (χ0v) is 11.6. The minimum atomic E-state index is -0.456. The fourth-order valence-electron chi connectivity index (χ4n) is 2.04. The van der Waals surface area contributed by atoms with Crippen LogP contribution >= 0.6 is 11.8 Å². The van der Waals surface area contributed by atoms with Crippen molar-refractivity contribution in [3.05, 3.63) is 16.4 Å². The molecule has 1 unspecified atom stereocenters. The first kappa shape index (κ1) is 13.9. The third-order valence-electron chi connectivity index (χ3n) is 3.01. The topological polar surface area (TPSA) is 93.0 Å². The third kappa shape index (κ3) is 3.46. The lowest BCUT2D eigenvalue weighted by molar-refractivity contribution is -0.383. The minimum absolute atomic E-state index is 0.0918. The van der Waals surface area contributed by atoms with Gasteiger partial charge in [-0.05, 0) is 18.6 Å². The zero-order valence-electron chi connectivity index (χ0n) is 10.8. The Balaban J connectivity index is 2.08. The van der Waals surface area contributed by atoms with Crippen molar-refractivity contribution in [2.75, 3.05) is 30.0 Å². The Morgan fingerprint density at radius 2 is 2.26 bits per heavy atom. The van der Waals surface area contributed by atoms with Crippen LogP contribution in [0.2, 0.25) is 0 Å². The standard InChI is InChI=1S/C11H17N5O2S/c1-12-10-9(16(17)18)11(15-7-14-10)13-6-8-4-2-3-5-19-8/h7-8H,2-6H2,1H3,(H2,12,13,14,15). The van der Waals surface area contributed by atoms with E-state index in [0.717, 1.165) is 6.42 Å². The Morgan fingerprint density at radius 3 is 2.89 bits per heavy atom. The van der Waals surface area contributed by atoms with Crippen LogP contribution in [-0.4, -0.2) is 39.5 Å². The van der Waals surface area contributed by atoms with E-state index in [1.807, 2.05) is 11.8 Å². The van der Waals surface area contributed by atoms with E-state index in [0.29, 0.717) is 11.8 Å². The van der Waals surface area contributed by atoms with Gasteiger partial charge in [-0.25, -0.2) is 9.97 Å². The van der Waals surface area contributed by atoms with E-state index in [1.165, 1.54) is 24.9 Å². The molecule has 1 fully saturated rings. The summed E-state index contributed by atoms with van der Waals surface area (Å²) in [5.74, 6) is 1.69. The molecule has 19 heavy (non-hydrogen) atoms. The molecule has 8 heteroatoms. The number of nitrogens with zero attached hydrogens (tertiary/aromatic N) is 3. The molecule has 1 saturated heterocycles. The first-order chi connectivity index (χ1) is 9.22. The van der Waals surface area contributed by atoms with Crippen LogP contribution in [0.15, 0.2) is 6.33 Å². The van der Waals surface area contributed by atoms with Gasteiger partial charge >= 0.3 is 5.69 Å². The van der Waals surface area contributed by atoms with Gasteiger partial charge in [-0.2, -0.15) is 11.8 Å². The normalized spacial score (nSPS) is 18.9. The molecule has 1 aromatic heterocycles. The van der Waals surface area contributed by atoms with Crippen LogP contribution < -0.4 is 10.6 Å². The van der Waals surface area contributed by atoms with Crippen molar-refractivity contribution in [1.29, 1.82) is 0 Å². The summed E-state index contributed by atoms with van der Waals surface area (Å²) in [6.45, 7) is 0.700. The molecule has 0 aliphatic carbocycles. The van der Waals surface area contributed by atoms with Crippen LogP contribution in [0.4, 0.5) is 17.3 Å². The summed E-state index contributed by atoms with van der Waals surface area (Å²) in [6, 6.07) is 0. The molecule has 1 atom stereocenters. The number of rotatable bonds is 5.